The topological polar surface area (TPSA) is 108 Å². The maximum Gasteiger partial charge on any atom is 0.282 e. The molecule has 0 fully saturated rings. The number of nitriles is 1. The lowest BCUT2D eigenvalue weighted by atomic mass is 10.0. The van der Waals surface area contributed by atoms with Gasteiger partial charge in [0.15, 0.2) is 0 Å². The smallest absolute Gasteiger partial charge is 0.282 e. The number of nitrogens with zero attached hydrogens (tertiary/aromatic N) is 4. The first-order chi connectivity index (χ1) is 16.4. The van der Waals surface area contributed by atoms with Crippen LogP contribution in [0.15, 0.2) is 84.6 Å². The molecule has 0 radical (unpaired) electrons. The van der Waals surface area contributed by atoms with Crippen molar-refractivity contribution in [1.82, 2.24) is 4.90 Å². The molecule has 0 bridgehead atoms. The minimum Gasteiger partial charge on any atom is -0.362 e. The van der Waals surface area contributed by atoms with Crippen LogP contribution in [0.2, 0.25) is 0 Å². The molecule has 1 aliphatic heterocycles. The van der Waals surface area contributed by atoms with Crippen molar-refractivity contribution in [2.45, 2.75) is 13.5 Å². The van der Waals surface area contributed by atoms with Gasteiger partial charge < -0.3 is 4.90 Å². The summed E-state index contributed by atoms with van der Waals surface area (Å²) in [5, 5.41) is 20.2. The van der Waals surface area contributed by atoms with Crippen LogP contribution in [0.4, 0.5) is 11.4 Å². The van der Waals surface area contributed by atoms with E-state index in [4.69, 9.17) is 5.26 Å². The minimum atomic E-state index is -0.523. The van der Waals surface area contributed by atoms with Gasteiger partial charge in [0.25, 0.3) is 17.5 Å². The predicted molar refractivity (Wildman–Crippen MR) is 126 cm³/mol. The standard InChI is InChI=1S/C26H20N4O4/c1-2-28(17-19-6-4-3-5-7-19)24-23(20-10-14-22(15-11-20)30(33)34)25(31)29(26(24)32)21-12-8-18(16-27)9-13-21/h3-15H,2,17H2,1H3. The molecule has 8 nitrogen and oxygen atoms in total. The van der Waals surface area contributed by atoms with Crippen molar-refractivity contribution in [1.29, 1.82) is 5.26 Å². The molecular weight excluding hydrogens is 432 g/mol. The quantitative estimate of drug-likeness (QED) is 0.301. The number of hydrogen-bond donors (Lipinski definition) is 0. The molecular formula is C26H20N4O4. The van der Waals surface area contributed by atoms with Gasteiger partial charge in [-0.2, -0.15) is 5.26 Å². The first kappa shape index (κ1) is 22.4. The molecule has 0 unspecified atom stereocenters. The maximum atomic E-state index is 13.7. The van der Waals surface area contributed by atoms with Crippen LogP contribution in [0.3, 0.4) is 0 Å². The van der Waals surface area contributed by atoms with Gasteiger partial charge >= 0.3 is 0 Å². The second kappa shape index (κ2) is 9.38. The summed E-state index contributed by atoms with van der Waals surface area (Å²) in [6.07, 6.45) is 0. The number of non-ortho nitro benzene ring substituents is 1. The number of anilines is 1. The maximum absolute atomic E-state index is 13.7. The summed E-state index contributed by atoms with van der Waals surface area (Å²) < 4.78 is 0. The van der Waals surface area contributed by atoms with Gasteiger partial charge in [-0.15, -0.1) is 0 Å². The van der Waals surface area contributed by atoms with Crippen LogP contribution in [0, 0.1) is 21.4 Å². The number of amides is 2. The summed E-state index contributed by atoms with van der Waals surface area (Å²) in [6.45, 7) is 2.76. The van der Waals surface area contributed by atoms with Crippen molar-refractivity contribution in [3.8, 4) is 6.07 Å². The number of likely N-dealkylation sites (N-methyl/N-ethyl adjacent to an activating group) is 1. The van der Waals surface area contributed by atoms with Crippen molar-refractivity contribution in [2.75, 3.05) is 11.4 Å². The van der Waals surface area contributed by atoms with E-state index in [9.17, 15) is 19.7 Å². The summed E-state index contributed by atoms with van der Waals surface area (Å²) >= 11 is 0. The predicted octanol–water partition coefficient (Wildman–Crippen LogP) is 4.27. The van der Waals surface area contributed by atoms with Gasteiger partial charge in [0.2, 0.25) is 0 Å². The van der Waals surface area contributed by atoms with Crippen molar-refractivity contribution in [3.63, 3.8) is 0 Å². The van der Waals surface area contributed by atoms with Crippen molar-refractivity contribution >= 4 is 28.8 Å². The lowest BCUT2D eigenvalue weighted by Crippen LogP contribution is -2.35. The highest BCUT2D eigenvalue weighted by molar-refractivity contribution is 6.45. The van der Waals surface area contributed by atoms with Crippen LogP contribution in [0.25, 0.3) is 5.57 Å². The van der Waals surface area contributed by atoms with E-state index in [0.717, 1.165) is 10.5 Å². The Balaban J connectivity index is 1.82. The summed E-state index contributed by atoms with van der Waals surface area (Å²) in [4.78, 5) is 40.7. The van der Waals surface area contributed by atoms with Crippen LogP contribution >= 0.6 is 0 Å². The van der Waals surface area contributed by atoms with Crippen LogP contribution in [-0.4, -0.2) is 28.2 Å². The van der Waals surface area contributed by atoms with Gasteiger partial charge in [-0.1, -0.05) is 30.3 Å². The number of imide groups is 1. The summed E-state index contributed by atoms with van der Waals surface area (Å²) in [6, 6.07) is 23.4. The molecule has 0 saturated heterocycles. The molecule has 8 heteroatoms. The van der Waals surface area contributed by atoms with Gasteiger partial charge in [0, 0.05) is 25.2 Å². The fraction of sp³-hybridized carbons (Fsp3) is 0.115. The molecule has 3 aromatic rings. The van der Waals surface area contributed by atoms with Crippen molar-refractivity contribution in [3.05, 3.63) is 111 Å². The molecule has 0 N–H and O–H groups in total. The summed E-state index contributed by atoms with van der Waals surface area (Å²) in [7, 11) is 0. The molecule has 0 atom stereocenters. The fourth-order valence-electron chi connectivity index (χ4n) is 3.89. The number of nitro groups is 1. The first-order valence-electron chi connectivity index (χ1n) is 10.6. The van der Waals surface area contributed by atoms with Gasteiger partial charge in [0.1, 0.15) is 5.70 Å². The molecule has 0 aliphatic carbocycles. The van der Waals surface area contributed by atoms with E-state index in [0.29, 0.717) is 29.9 Å². The zero-order valence-corrected chi connectivity index (χ0v) is 18.3. The normalized spacial score (nSPS) is 13.2. The second-order valence-electron chi connectivity index (χ2n) is 7.63. The van der Waals surface area contributed by atoms with Crippen molar-refractivity contribution < 1.29 is 14.5 Å². The molecule has 4 rings (SSSR count). The third-order valence-electron chi connectivity index (χ3n) is 5.60. The Bertz CT molecular complexity index is 1320. The van der Waals surface area contributed by atoms with Gasteiger partial charge in [-0.05, 0) is 54.4 Å². The second-order valence-corrected chi connectivity index (χ2v) is 7.63. The van der Waals surface area contributed by atoms with Crippen LogP contribution in [0.5, 0.6) is 0 Å². The number of rotatable bonds is 7. The summed E-state index contributed by atoms with van der Waals surface area (Å²) in [5.41, 5.74) is 2.45. The highest BCUT2D eigenvalue weighted by Gasteiger charge is 2.42. The Morgan fingerprint density at radius 1 is 0.941 bits per heavy atom. The molecule has 0 saturated carbocycles. The van der Waals surface area contributed by atoms with Crippen molar-refractivity contribution in [2.24, 2.45) is 0 Å². The van der Waals surface area contributed by atoms with Gasteiger partial charge in [-0.3, -0.25) is 19.7 Å². The zero-order valence-electron chi connectivity index (χ0n) is 18.3. The van der Waals surface area contributed by atoms with E-state index >= 15 is 0 Å². The van der Waals surface area contributed by atoms with E-state index < -0.39 is 16.7 Å². The summed E-state index contributed by atoms with van der Waals surface area (Å²) in [5.74, 6) is -1.01. The van der Waals surface area contributed by atoms with E-state index in [2.05, 4.69) is 0 Å². The third kappa shape index (κ3) is 4.14. The number of carbonyl (C=O) groups excluding carboxylic acids is 2. The van der Waals surface area contributed by atoms with Crippen LogP contribution in [-0.2, 0) is 16.1 Å². The number of benzene rings is 3. The van der Waals surface area contributed by atoms with E-state index in [1.165, 1.54) is 24.3 Å². The van der Waals surface area contributed by atoms with Crippen LogP contribution < -0.4 is 4.90 Å². The molecule has 0 aromatic heterocycles. The Kier molecular flexibility index (Phi) is 6.19. The molecule has 0 spiro atoms. The van der Waals surface area contributed by atoms with E-state index in [1.807, 2.05) is 48.2 Å². The van der Waals surface area contributed by atoms with E-state index in [-0.39, 0.29) is 17.0 Å². The number of carbonyl (C=O) groups is 2. The molecule has 3 aromatic carbocycles. The highest BCUT2D eigenvalue weighted by Crippen LogP contribution is 2.36. The lowest BCUT2D eigenvalue weighted by molar-refractivity contribution is -0.384. The van der Waals surface area contributed by atoms with Gasteiger partial charge in [-0.25, -0.2) is 4.90 Å². The molecule has 34 heavy (non-hydrogen) atoms. The Labute approximate surface area is 196 Å². The lowest BCUT2D eigenvalue weighted by Gasteiger charge is -2.25. The molecule has 1 aliphatic rings. The molecule has 2 amide bonds. The Morgan fingerprint density at radius 2 is 1.59 bits per heavy atom. The van der Waals surface area contributed by atoms with E-state index in [1.54, 1.807) is 24.3 Å². The SMILES string of the molecule is CCN(Cc1ccccc1)C1=C(c2ccc([N+](=O)[O-])cc2)C(=O)N(c2ccc(C#N)cc2)C1=O. The van der Waals surface area contributed by atoms with Gasteiger partial charge in [0.05, 0.1) is 27.8 Å². The highest BCUT2D eigenvalue weighted by atomic mass is 16.6. The number of nitro benzene ring substituents is 1. The molecule has 168 valence electrons. The fourth-order valence-corrected chi connectivity index (χ4v) is 3.89. The largest absolute Gasteiger partial charge is 0.362 e. The monoisotopic (exact) mass is 452 g/mol. The number of hydrogen-bond acceptors (Lipinski definition) is 6. The molecule has 1 heterocycles. The third-order valence-corrected chi connectivity index (χ3v) is 5.60. The Morgan fingerprint density at radius 3 is 2.15 bits per heavy atom. The van der Waals surface area contributed by atoms with Crippen LogP contribution in [0.1, 0.15) is 23.6 Å². The first-order valence-corrected chi connectivity index (χ1v) is 10.6. The zero-order chi connectivity index (χ0) is 24.2. The minimum absolute atomic E-state index is 0.108. The Hall–Kier alpha value is -4.77. The average Bonchev–Trinajstić information content (AvgIpc) is 3.13. The average molecular weight is 452 g/mol.